The third kappa shape index (κ3) is 2.69. The third-order valence-corrected chi connectivity index (χ3v) is 2.88. The lowest BCUT2D eigenvalue weighted by Gasteiger charge is -2.12. The van der Waals surface area contributed by atoms with Gasteiger partial charge in [-0.15, -0.1) is 11.3 Å². The molecule has 0 bridgehead atoms. The van der Waals surface area contributed by atoms with Crippen molar-refractivity contribution in [2.45, 2.75) is 6.04 Å². The minimum absolute atomic E-state index is 0.263. The Kier molecular flexibility index (Phi) is 4.21. The summed E-state index contributed by atoms with van der Waals surface area (Å²) in [6, 6.07) is 2.30. The van der Waals surface area contributed by atoms with Crippen LogP contribution in [0.4, 0.5) is 0 Å². The summed E-state index contributed by atoms with van der Waals surface area (Å²) in [5.74, 6) is 0.913. The highest BCUT2D eigenvalue weighted by molar-refractivity contribution is 7.10. The standard InChI is InChI=1S/C9H15NO2S/c1-10-8(5-11-2)9-4-7(12-3)6-13-9/h4,6,8,10H,5H2,1-3H3. The number of rotatable bonds is 5. The molecule has 1 heterocycles. The Morgan fingerprint density at radius 2 is 2.31 bits per heavy atom. The van der Waals surface area contributed by atoms with Crippen LogP contribution in [0.2, 0.25) is 0 Å². The highest BCUT2D eigenvalue weighted by Crippen LogP contribution is 2.26. The van der Waals surface area contributed by atoms with Gasteiger partial charge in [-0.1, -0.05) is 0 Å². The van der Waals surface area contributed by atoms with Gasteiger partial charge in [0.15, 0.2) is 0 Å². The first kappa shape index (κ1) is 10.5. The quantitative estimate of drug-likeness (QED) is 0.786. The topological polar surface area (TPSA) is 30.5 Å². The van der Waals surface area contributed by atoms with Gasteiger partial charge in [0, 0.05) is 17.4 Å². The van der Waals surface area contributed by atoms with E-state index in [0.717, 1.165) is 5.75 Å². The van der Waals surface area contributed by atoms with E-state index in [1.54, 1.807) is 25.6 Å². The highest BCUT2D eigenvalue weighted by atomic mass is 32.1. The average molecular weight is 201 g/mol. The second kappa shape index (κ2) is 5.21. The number of thiophene rings is 1. The van der Waals surface area contributed by atoms with Crippen molar-refractivity contribution >= 4 is 11.3 Å². The fraction of sp³-hybridized carbons (Fsp3) is 0.556. The van der Waals surface area contributed by atoms with Crippen molar-refractivity contribution in [3.63, 3.8) is 0 Å². The fourth-order valence-corrected chi connectivity index (χ4v) is 2.05. The van der Waals surface area contributed by atoms with Crippen molar-refractivity contribution in [3.8, 4) is 5.75 Å². The van der Waals surface area contributed by atoms with E-state index in [1.807, 2.05) is 18.5 Å². The Morgan fingerprint density at radius 1 is 1.54 bits per heavy atom. The van der Waals surface area contributed by atoms with Crippen LogP contribution in [-0.2, 0) is 4.74 Å². The molecular weight excluding hydrogens is 186 g/mol. The molecule has 0 radical (unpaired) electrons. The molecule has 0 aliphatic heterocycles. The molecule has 0 amide bonds. The van der Waals surface area contributed by atoms with Crippen LogP contribution in [0.5, 0.6) is 5.75 Å². The zero-order chi connectivity index (χ0) is 9.68. The average Bonchev–Trinajstić information content (AvgIpc) is 2.62. The molecule has 0 aliphatic rings. The number of ether oxygens (including phenoxy) is 2. The Morgan fingerprint density at radius 3 is 2.77 bits per heavy atom. The lowest BCUT2D eigenvalue weighted by molar-refractivity contribution is 0.171. The third-order valence-electron chi connectivity index (χ3n) is 1.86. The number of hydrogen-bond acceptors (Lipinski definition) is 4. The van der Waals surface area contributed by atoms with Crippen LogP contribution < -0.4 is 10.1 Å². The fourth-order valence-electron chi connectivity index (χ4n) is 1.10. The number of methoxy groups -OCH3 is 2. The number of likely N-dealkylation sites (N-methyl/N-ethyl adjacent to an activating group) is 1. The van der Waals surface area contributed by atoms with E-state index in [-0.39, 0.29) is 6.04 Å². The molecule has 13 heavy (non-hydrogen) atoms. The van der Waals surface area contributed by atoms with E-state index in [1.165, 1.54) is 4.88 Å². The van der Waals surface area contributed by atoms with Crippen LogP contribution >= 0.6 is 11.3 Å². The zero-order valence-electron chi connectivity index (χ0n) is 8.16. The van der Waals surface area contributed by atoms with Gasteiger partial charge in [0.1, 0.15) is 5.75 Å². The predicted octanol–water partition coefficient (Wildman–Crippen LogP) is 1.66. The molecule has 0 aromatic carbocycles. The van der Waals surface area contributed by atoms with Gasteiger partial charge >= 0.3 is 0 Å². The van der Waals surface area contributed by atoms with Crippen molar-refractivity contribution in [1.82, 2.24) is 5.32 Å². The van der Waals surface area contributed by atoms with Crippen LogP contribution in [0.25, 0.3) is 0 Å². The van der Waals surface area contributed by atoms with Gasteiger partial charge in [0.2, 0.25) is 0 Å². The molecule has 3 nitrogen and oxygen atoms in total. The molecule has 1 unspecified atom stereocenters. The van der Waals surface area contributed by atoms with Gasteiger partial charge in [0.25, 0.3) is 0 Å². The van der Waals surface area contributed by atoms with Gasteiger partial charge in [-0.2, -0.15) is 0 Å². The minimum atomic E-state index is 0.263. The van der Waals surface area contributed by atoms with Crippen molar-refractivity contribution < 1.29 is 9.47 Å². The second-order valence-electron chi connectivity index (χ2n) is 2.69. The molecule has 1 N–H and O–H groups in total. The molecule has 0 spiro atoms. The molecule has 0 aliphatic carbocycles. The van der Waals surface area contributed by atoms with E-state index in [9.17, 15) is 0 Å². The summed E-state index contributed by atoms with van der Waals surface area (Å²) in [4.78, 5) is 1.24. The number of hydrogen-bond donors (Lipinski definition) is 1. The molecule has 1 rings (SSSR count). The van der Waals surface area contributed by atoms with Crippen LogP contribution in [0, 0.1) is 0 Å². The maximum absolute atomic E-state index is 5.11. The summed E-state index contributed by atoms with van der Waals surface area (Å²) in [7, 11) is 5.31. The first-order valence-electron chi connectivity index (χ1n) is 4.10. The van der Waals surface area contributed by atoms with E-state index in [0.29, 0.717) is 6.61 Å². The first-order valence-corrected chi connectivity index (χ1v) is 4.98. The van der Waals surface area contributed by atoms with Gasteiger partial charge in [-0.25, -0.2) is 0 Å². The van der Waals surface area contributed by atoms with Crippen molar-refractivity contribution in [2.75, 3.05) is 27.9 Å². The van der Waals surface area contributed by atoms with Crippen molar-refractivity contribution in [1.29, 1.82) is 0 Å². The highest BCUT2D eigenvalue weighted by Gasteiger charge is 2.11. The summed E-state index contributed by atoms with van der Waals surface area (Å²) in [6.45, 7) is 0.681. The van der Waals surface area contributed by atoms with E-state index in [2.05, 4.69) is 5.32 Å². The monoisotopic (exact) mass is 201 g/mol. The summed E-state index contributed by atoms with van der Waals surface area (Å²) >= 11 is 1.68. The van der Waals surface area contributed by atoms with Crippen molar-refractivity contribution in [3.05, 3.63) is 16.3 Å². The van der Waals surface area contributed by atoms with Gasteiger partial charge < -0.3 is 14.8 Å². The molecule has 4 heteroatoms. The molecule has 0 fully saturated rings. The van der Waals surface area contributed by atoms with Gasteiger partial charge in [0.05, 0.1) is 19.8 Å². The SMILES string of the molecule is CNC(COC)c1cc(OC)cs1. The Bertz CT molecular complexity index is 250. The molecule has 74 valence electrons. The normalized spacial score (nSPS) is 12.8. The molecule has 1 aromatic heterocycles. The van der Waals surface area contributed by atoms with Crippen LogP contribution in [0.3, 0.4) is 0 Å². The molecule has 0 saturated heterocycles. The van der Waals surface area contributed by atoms with E-state index in [4.69, 9.17) is 9.47 Å². The Labute approximate surface area is 82.7 Å². The smallest absolute Gasteiger partial charge is 0.129 e. The van der Waals surface area contributed by atoms with E-state index >= 15 is 0 Å². The molecule has 0 saturated carbocycles. The van der Waals surface area contributed by atoms with Crippen molar-refractivity contribution in [2.24, 2.45) is 0 Å². The zero-order valence-corrected chi connectivity index (χ0v) is 8.98. The largest absolute Gasteiger partial charge is 0.496 e. The minimum Gasteiger partial charge on any atom is -0.496 e. The molecular formula is C9H15NO2S. The first-order chi connectivity index (χ1) is 6.31. The lowest BCUT2D eigenvalue weighted by Crippen LogP contribution is -2.19. The number of nitrogens with one attached hydrogen (secondary N) is 1. The summed E-state index contributed by atoms with van der Waals surface area (Å²) in [5.41, 5.74) is 0. The Balaban J connectivity index is 2.67. The summed E-state index contributed by atoms with van der Waals surface area (Å²) < 4.78 is 10.2. The van der Waals surface area contributed by atoms with Gasteiger partial charge in [-0.05, 0) is 13.1 Å². The van der Waals surface area contributed by atoms with Crippen LogP contribution in [0.1, 0.15) is 10.9 Å². The second-order valence-corrected chi connectivity index (χ2v) is 3.63. The lowest BCUT2D eigenvalue weighted by atomic mass is 10.2. The molecule has 1 aromatic rings. The van der Waals surface area contributed by atoms with Crippen LogP contribution in [0.15, 0.2) is 11.4 Å². The van der Waals surface area contributed by atoms with Crippen LogP contribution in [-0.4, -0.2) is 27.9 Å². The summed E-state index contributed by atoms with van der Waals surface area (Å²) in [6.07, 6.45) is 0. The maximum atomic E-state index is 5.11. The summed E-state index contributed by atoms with van der Waals surface area (Å²) in [5, 5.41) is 5.18. The van der Waals surface area contributed by atoms with E-state index < -0.39 is 0 Å². The molecule has 1 atom stereocenters. The maximum Gasteiger partial charge on any atom is 0.129 e. The Hall–Kier alpha value is -0.580. The predicted molar refractivity (Wildman–Crippen MR) is 54.5 cm³/mol. The van der Waals surface area contributed by atoms with Gasteiger partial charge in [-0.3, -0.25) is 0 Å².